The second-order valence-corrected chi connectivity index (χ2v) is 5.60. The quantitative estimate of drug-likeness (QED) is 0.726. The largest absolute Gasteiger partial charge is 0.338 e. The zero-order valence-corrected chi connectivity index (χ0v) is 13.7. The van der Waals surface area contributed by atoms with Gasteiger partial charge in [-0.25, -0.2) is 13.9 Å². The van der Waals surface area contributed by atoms with Gasteiger partial charge in [-0.3, -0.25) is 0 Å². The van der Waals surface area contributed by atoms with Crippen molar-refractivity contribution in [3.05, 3.63) is 83.9 Å². The van der Waals surface area contributed by atoms with Gasteiger partial charge in [0.05, 0.1) is 5.69 Å². The van der Waals surface area contributed by atoms with Crippen molar-refractivity contribution >= 4 is 6.03 Å². The summed E-state index contributed by atoms with van der Waals surface area (Å²) in [4.78, 5) is 11.8. The number of nitrogens with zero attached hydrogens (tertiary/aromatic N) is 2. The lowest BCUT2D eigenvalue weighted by Gasteiger charge is -2.08. The number of hydrogen-bond donors (Lipinski definition) is 2. The molecule has 128 valence electrons. The molecule has 0 aliphatic carbocycles. The van der Waals surface area contributed by atoms with E-state index in [0.717, 1.165) is 23.2 Å². The van der Waals surface area contributed by atoms with Crippen molar-refractivity contribution in [2.75, 3.05) is 6.54 Å². The van der Waals surface area contributed by atoms with Gasteiger partial charge in [-0.05, 0) is 47.9 Å². The molecule has 0 radical (unpaired) electrons. The molecule has 2 aromatic carbocycles. The molecule has 0 saturated carbocycles. The first-order valence-corrected chi connectivity index (χ1v) is 8.06. The highest BCUT2D eigenvalue weighted by Gasteiger charge is 2.02. The number of benzene rings is 2. The van der Waals surface area contributed by atoms with Crippen molar-refractivity contribution < 1.29 is 9.18 Å². The minimum atomic E-state index is -0.285. The van der Waals surface area contributed by atoms with Gasteiger partial charge in [0.15, 0.2) is 0 Å². The highest BCUT2D eigenvalue weighted by Crippen LogP contribution is 2.08. The summed E-state index contributed by atoms with van der Waals surface area (Å²) >= 11 is 0. The first kappa shape index (κ1) is 16.7. The van der Waals surface area contributed by atoms with Crippen molar-refractivity contribution in [1.29, 1.82) is 0 Å². The van der Waals surface area contributed by atoms with E-state index in [-0.39, 0.29) is 11.8 Å². The average Bonchev–Trinajstić information content (AvgIpc) is 3.16. The summed E-state index contributed by atoms with van der Waals surface area (Å²) < 4.78 is 14.6. The van der Waals surface area contributed by atoms with E-state index in [4.69, 9.17) is 0 Å². The van der Waals surface area contributed by atoms with Crippen molar-refractivity contribution in [2.24, 2.45) is 0 Å². The Hall–Kier alpha value is -3.15. The van der Waals surface area contributed by atoms with Gasteiger partial charge >= 0.3 is 6.03 Å². The van der Waals surface area contributed by atoms with Gasteiger partial charge in [0.2, 0.25) is 0 Å². The molecule has 0 saturated heterocycles. The van der Waals surface area contributed by atoms with E-state index in [0.29, 0.717) is 13.1 Å². The third-order valence-electron chi connectivity index (χ3n) is 3.77. The fraction of sp³-hybridized carbons (Fsp3) is 0.158. The molecule has 25 heavy (non-hydrogen) atoms. The molecule has 0 aliphatic rings. The number of halogens is 1. The predicted octanol–water partition coefficient (Wildman–Crippen LogP) is 3.05. The summed E-state index contributed by atoms with van der Waals surface area (Å²) in [5.41, 5.74) is 2.99. The van der Waals surface area contributed by atoms with E-state index >= 15 is 0 Å². The summed E-state index contributed by atoms with van der Waals surface area (Å²) in [6, 6.07) is 15.7. The Labute approximate surface area is 145 Å². The summed E-state index contributed by atoms with van der Waals surface area (Å²) in [6.07, 6.45) is 4.37. The van der Waals surface area contributed by atoms with Crippen LogP contribution in [0.4, 0.5) is 9.18 Å². The molecule has 2 N–H and O–H groups in total. The van der Waals surface area contributed by atoms with Gasteiger partial charge in [-0.2, -0.15) is 5.10 Å². The summed E-state index contributed by atoms with van der Waals surface area (Å²) in [7, 11) is 0. The fourth-order valence-electron chi connectivity index (χ4n) is 2.40. The molecule has 6 heteroatoms. The van der Waals surface area contributed by atoms with Gasteiger partial charge in [0, 0.05) is 25.5 Å². The fourth-order valence-corrected chi connectivity index (χ4v) is 2.40. The van der Waals surface area contributed by atoms with Gasteiger partial charge in [0.25, 0.3) is 0 Å². The molecule has 0 unspecified atom stereocenters. The predicted molar refractivity (Wildman–Crippen MR) is 93.9 cm³/mol. The van der Waals surface area contributed by atoms with Crippen LogP contribution >= 0.6 is 0 Å². The standard InChI is InChI=1S/C19H19FN4O/c20-17-6-2-16(3-7-17)14-22-19(25)21-12-10-15-4-8-18(9-5-15)24-13-1-11-23-24/h1-9,11,13H,10,12,14H2,(H2,21,22,25). The van der Waals surface area contributed by atoms with Crippen LogP contribution in [0.2, 0.25) is 0 Å². The van der Waals surface area contributed by atoms with Crippen LogP contribution in [0, 0.1) is 5.82 Å². The van der Waals surface area contributed by atoms with Crippen LogP contribution in [-0.2, 0) is 13.0 Å². The Morgan fingerprint density at radius 2 is 1.72 bits per heavy atom. The minimum absolute atomic E-state index is 0.238. The zero-order valence-electron chi connectivity index (χ0n) is 13.7. The normalized spacial score (nSPS) is 10.4. The number of rotatable bonds is 6. The van der Waals surface area contributed by atoms with Crippen LogP contribution < -0.4 is 10.6 Å². The first-order chi connectivity index (χ1) is 12.2. The number of amides is 2. The van der Waals surface area contributed by atoms with E-state index in [1.165, 1.54) is 12.1 Å². The number of carbonyl (C=O) groups is 1. The van der Waals surface area contributed by atoms with Gasteiger partial charge in [-0.15, -0.1) is 0 Å². The second-order valence-electron chi connectivity index (χ2n) is 5.60. The van der Waals surface area contributed by atoms with E-state index in [2.05, 4.69) is 15.7 Å². The Morgan fingerprint density at radius 3 is 2.40 bits per heavy atom. The summed E-state index contributed by atoms with van der Waals surface area (Å²) in [5.74, 6) is -0.285. The Morgan fingerprint density at radius 1 is 1.00 bits per heavy atom. The van der Waals surface area contributed by atoms with Gasteiger partial charge < -0.3 is 10.6 Å². The molecule has 1 aromatic heterocycles. The maximum absolute atomic E-state index is 12.8. The number of hydrogen-bond acceptors (Lipinski definition) is 2. The smallest absolute Gasteiger partial charge is 0.315 e. The van der Waals surface area contributed by atoms with Crippen molar-refractivity contribution in [1.82, 2.24) is 20.4 Å². The van der Waals surface area contributed by atoms with Crippen LogP contribution in [0.3, 0.4) is 0 Å². The molecule has 1 heterocycles. The van der Waals surface area contributed by atoms with E-state index in [1.54, 1.807) is 23.0 Å². The highest BCUT2D eigenvalue weighted by atomic mass is 19.1. The average molecular weight is 338 g/mol. The molecule has 0 atom stereocenters. The van der Waals surface area contributed by atoms with E-state index in [9.17, 15) is 9.18 Å². The zero-order chi connectivity index (χ0) is 17.5. The summed E-state index contributed by atoms with van der Waals surface area (Å²) in [5, 5.41) is 9.74. The lowest BCUT2D eigenvalue weighted by atomic mass is 10.1. The van der Waals surface area contributed by atoms with Crippen LogP contribution in [0.25, 0.3) is 5.69 Å². The maximum Gasteiger partial charge on any atom is 0.315 e. The second kappa shape index (κ2) is 8.10. The lowest BCUT2D eigenvalue weighted by molar-refractivity contribution is 0.240. The summed E-state index contributed by atoms with van der Waals surface area (Å²) in [6.45, 7) is 0.904. The Bertz CT molecular complexity index is 798. The lowest BCUT2D eigenvalue weighted by Crippen LogP contribution is -2.36. The van der Waals surface area contributed by atoms with Gasteiger partial charge in [-0.1, -0.05) is 24.3 Å². The minimum Gasteiger partial charge on any atom is -0.338 e. The van der Waals surface area contributed by atoms with Crippen molar-refractivity contribution in [3.63, 3.8) is 0 Å². The molecule has 0 fully saturated rings. The molecule has 2 amide bonds. The first-order valence-electron chi connectivity index (χ1n) is 8.06. The topological polar surface area (TPSA) is 59.0 Å². The van der Waals surface area contributed by atoms with Crippen LogP contribution in [0.5, 0.6) is 0 Å². The van der Waals surface area contributed by atoms with E-state index < -0.39 is 0 Å². The maximum atomic E-state index is 12.8. The number of aromatic nitrogens is 2. The number of urea groups is 1. The van der Waals surface area contributed by atoms with Crippen molar-refractivity contribution in [2.45, 2.75) is 13.0 Å². The third-order valence-corrected chi connectivity index (χ3v) is 3.77. The Balaban J connectivity index is 1.40. The third kappa shape index (κ3) is 4.91. The SMILES string of the molecule is O=C(NCCc1ccc(-n2cccn2)cc1)NCc1ccc(F)cc1. The number of nitrogens with one attached hydrogen (secondary N) is 2. The van der Waals surface area contributed by atoms with Crippen molar-refractivity contribution in [3.8, 4) is 5.69 Å². The highest BCUT2D eigenvalue weighted by molar-refractivity contribution is 5.73. The molecule has 3 aromatic rings. The van der Waals surface area contributed by atoms with E-state index in [1.807, 2.05) is 36.5 Å². The molecular weight excluding hydrogens is 319 g/mol. The van der Waals surface area contributed by atoms with Crippen LogP contribution in [0.1, 0.15) is 11.1 Å². The molecule has 0 aliphatic heterocycles. The van der Waals surface area contributed by atoms with Crippen LogP contribution in [0.15, 0.2) is 67.0 Å². The molecule has 0 spiro atoms. The number of carbonyl (C=O) groups excluding carboxylic acids is 1. The molecule has 0 bridgehead atoms. The monoisotopic (exact) mass is 338 g/mol. The molecule has 5 nitrogen and oxygen atoms in total. The molecular formula is C19H19FN4O. The molecule has 3 rings (SSSR count). The van der Waals surface area contributed by atoms with Gasteiger partial charge in [0.1, 0.15) is 5.82 Å². The van der Waals surface area contributed by atoms with Crippen LogP contribution in [-0.4, -0.2) is 22.4 Å². The Kier molecular flexibility index (Phi) is 5.41.